The van der Waals surface area contributed by atoms with E-state index in [0.29, 0.717) is 22.6 Å². The van der Waals surface area contributed by atoms with Crippen LogP contribution in [0.4, 0.5) is 13.2 Å². The number of hydrogen-bond acceptors (Lipinski definition) is 3. The van der Waals surface area contributed by atoms with Gasteiger partial charge in [0.15, 0.2) is 0 Å². The first-order valence-corrected chi connectivity index (χ1v) is 9.93. The van der Waals surface area contributed by atoms with Crippen molar-refractivity contribution in [1.29, 1.82) is 0 Å². The molecule has 0 saturated carbocycles. The van der Waals surface area contributed by atoms with Crippen molar-refractivity contribution in [2.24, 2.45) is 0 Å². The maximum Gasteiger partial charge on any atom is 0.416 e. The maximum absolute atomic E-state index is 12.9. The molecular formula is C22H16F3N3OS. The number of halogens is 3. The molecular weight excluding hydrogens is 411 g/mol. The Morgan fingerprint density at radius 2 is 1.80 bits per heavy atom. The SMILES string of the molecule is O=C(NCc1cccc(C(F)(F)F)c1)c1cc(-c2cccs2)nn1-c1ccccc1. The van der Waals surface area contributed by atoms with Crippen molar-refractivity contribution in [2.75, 3.05) is 0 Å². The number of hydrogen-bond donors (Lipinski definition) is 1. The van der Waals surface area contributed by atoms with Crippen molar-refractivity contribution in [3.05, 3.63) is 95.0 Å². The highest BCUT2D eigenvalue weighted by Crippen LogP contribution is 2.29. The van der Waals surface area contributed by atoms with Crippen LogP contribution in [0.3, 0.4) is 0 Å². The summed E-state index contributed by atoms with van der Waals surface area (Å²) in [7, 11) is 0. The van der Waals surface area contributed by atoms with Gasteiger partial charge in [0.25, 0.3) is 5.91 Å². The van der Waals surface area contributed by atoms with Crippen molar-refractivity contribution < 1.29 is 18.0 Å². The Labute approximate surface area is 174 Å². The van der Waals surface area contributed by atoms with E-state index < -0.39 is 17.6 Å². The molecule has 0 spiro atoms. The van der Waals surface area contributed by atoms with Crippen molar-refractivity contribution in [2.45, 2.75) is 12.7 Å². The summed E-state index contributed by atoms with van der Waals surface area (Å²) in [6.45, 7) is -0.0307. The summed E-state index contributed by atoms with van der Waals surface area (Å²) >= 11 is 1.50. The summed E-state index contributed by atoms with van der Waals surface area (Å²) in [5.74, 6) is -0.424. The normalized spacial score (nSPS) is 11.4. The molecule has 0 aliphatic rings. The third-order valence-corrected chi connectivity index (χ3v) is 5.32. The Morgan fingerprint density at radius 1 is 1.00 bits per heavy atom. The molecule has 0 fully saturated rings. The number of rotatable bonds is 5. The molecule has 4 nitrogen and oxygen atoms in total. The summed E-state index contributed by atoms with van der Waals surface area (Å²) in [4.78, 5) is 13.8. The number of carbonyl (C=O) groups excluding carboxylic acids is 1. The Morgan fingerprint density at radius 3 is 2.50 bits per heavy atom. The third kappa shape index (κ3) is 4.28. The van der Waals surface area contributed by atoms with Crippen LogP contribution in [0.5, 0.6) is 0 Å². The zero-order valence-corrected chi connectivity index (χ0v) is 16.4. The van der Waals surface area contributed by atoms with Crippen molar-refractivity contribution in [1.82, 2.24) is 15.1 Å². The average Bonchev–Trinajstić information content (AvgIpc) is 3.42. The van der Waals surface area contributed by atoms with Crippen LogP contribution in [-0.4, -0.2) is 15.7 Å². The molecule has 2 aromatic carbocycles. The van der Waals surface area contributed by atoms with E-state index in [1.165, 1.54) is 22.1 Å². The lowest BCUT2D eigenvalue weighted by molar-refractivity contribution is -0.137. The second kappa shape index (κ2) is 8.16. The van der Waals surface area contributed by atoms with E-state index in [1.54, 1.807) is 12.1 Å². The number of nitrogens with one attached hydrogen (secondary N) is 1. The van der Waals surface area contributed by atoms with E-state index >= 15 is 0 Å². The van der Waals surface area contributed by atoms with Gasteiger partial charge < -0.3 is 5.32 Å². The van der Waals surface area contributed by atoms with Gasteiger partial charge in [-0.25, -0.2) is 4.68 Å². The molecule has 8 heteroatoms. The molecule has 0 atom stereocenters. The van der Waals surface area contributed by atoms with Crippen LogP contribution in [0.1, 0.15) is 21.6 Å². The van der Waals surface area contributed by atoms with Crippen LogP contribution in [-0.2, 0) is 12.7 Å². The molecule has 1 N–H and O–H groups in total. The molecule has 0 aliphatic carbocycles. The molecule has 0 unspecified atom stereocenters. The van der Waals surface area contributed by atoms with Gasteiger partial charge in [0.2, 0.25) is 0 Å². The van der Waals surface area contributed by atoms with Gasteiger partial charge in [-0.15, -0.1) is 11.3 Å². The van der Waals surface area contributed by atoms with Gasteiger partial charge in [0, 0.05) is 6.54 Å². The predicted octanol–water partition coefficient (Wildman–Crippen LogP) is 5.55. The zero-order chi connectivity index (χ0) is 21.1. The van der Waals surface area contributed by atoms with Gasteiger partial charge in [-0.05, 0) is 47.3 Å². The van der Waals surface area contributed by atoms with Crippen LogP contribution in [0.25, 0.3) is 16.3 Å². The lowest BCUT2D eigenvalue weighted by Gasteiger charge is -2.10. The van der Waals surface area contributed by atoms with Gasteiger partial charge in [-0.1, -0.05) is 36.4 Å². The Bertz CT molecular complexity index is 1150. The van der Waals surface area contributed by atoms with Gasteiger partial charge >= 0.3 is 6.18 Å². The molecule has 4 aromatic rings. The molecule has 0 saturated heterocycles. The van der Waals surface area contributed by atoms with Crippen LogP contribution >= 0.6 is 11.3 Å². The van der Waals surface area contributed by atoms with Gasteiger partial charge in [0.05, 0.1) is 16.1 Å². The van der Waals surface area contributed by atoms with Crippen molar-refractivity contribution >= 4 is 17.2 Å². The first kappa shape index (κ1) is 19.9. The molecule has 2 heterocycles. The minimum absolute atomic E-state index is 0.0307. The topological polar surface area (TPSA) is 46.9 Å². The standard InChI is InChI=1S/C22H16F3N3OS/c23-22(24,25)16-7-4-6-15(12-16)14-26-21(29)19-13-18(20-10-5-11-30-20)27-28(19)17-8-2-1-3-9-17/h1-13H,14H2,(H,26,29). The van der Waals surface area contributed by atoms with Gasteiger partial charge in [0.1, 0.15) is 11.4 Å². The third-order valence-electron chi connectivity index (χ3n) is 4.42. The number of thiophene rings is 1. The largest absolute Gasteiger partial charge is 0.416 e. The highest BCUT2D eigenvalue weighted by atomic mass is 32.1. The highest BCUT2D eigenvalue weighted by molar-refractivity contribution is 7.13. The fourth-order valence-corrected chi connectivity index (χ4v) is 3.67. The number of benzene rings is 2. The Balaban J connectivity index is 1.61. The summed E-state index contributed by atoms with van der Waals surface area (Å²) in [5, 5.41) is 9.18. The smallest absolute Gasteiger partial charge is 0.347 e. The minimum Gasteiger partial charge on any atom is -0.347 e. The molecule has 0 bridgehead atoms. The number of para-hydroxylation sites is 1. The Hall–Kier alpha value is -3.39. The summed E-state index contributed by atoms with van der Waals surface area (Å²) in [6.07, 6.45) is -4.43. The predicted molar refractivity (Wildman–Crippen MR) is 109 cm³/mol. The molecule has 0 radical (unpaired) electrons. The van der Waals surface area contributed by atoms with E-state index in [0.717, 1.165) is 17.0 Å². The quantitative estimate of drug-likeness (QED) is 0.454. The minimum atomic E-state index is -4.43. The van der Waals surface area contributed by atoms with Crippen LogP contribution in [0.2, 0.25) is 0 Å². The number of aromatic nitrogens is 2. The fourth-order valence-electron chi connectivity index (χ4n) is 2.98. The first-order chi connectivity index (χ1) is 14.4. The first-order valence-electron chi connectivity index (χ1n) is 9.05. The number of amides is 1. The lowest BCUT2D eigenvalue weighted by Crippen LogP contribution is -2.25. The monoisotopic (exact) mass is 427 g/mol. The number of alkyl halides is 3. The zero-order valence-electron chi connectivity index (χ0n) is 15.6. The molecule has 30 heavy (non-hydrogen) atoms. The lowest BCUT2D eigenvalue weighted by atomic mass is 10.1. The van der Waals surface area contributed by atoms with Crippen LogP contribution < -0.4 is 5.32 Å². The van der Waals surface area contributed by atoms with Crippen molar-refractivity contribution in [3.8, 4) is 16.3 Å². The van der Waals surface area contributed by atoms with E-state index in [9.17, 15) is 18.0 Å². The van der Waals surface area contributed by atoms with Crippen LogP contribution in [0, 0.1) is 0 Å². The number of nitrogens with zero attached hydrogens (tertiary/aromatic N) is 2. The highest BCUT2D eigenvalue weighted by Gasteiger charge is 2.30. The van der Waals surface area contributed by atoms with Crippen LogP contribution in [0.15, 0.2) is 78.2 Å². The van der Waals surface area contributed by atoms with E-state index in [-0.39, 0.29) is 6.54 Å². The van der Waals surface area contributed by atoms with Gasteiger partial charge in [-0.3, -0.25) is 4.79 Å². The van der Waals surface area contributed by atoms with Gasteiger partial charge in [-0.2, -0.15) is 18.3 Å². The second-order valence-electron chi connectivity index (χ2n) is 6.52. The van der Waals surface area contributed by atoms with Crippen molar-refractivity contribution in [3.63, 3.8) is 0 Å². The summed E-state index contributed by atoms with van der Waals surface area (Å²) in [5.41, 5.74) is 1.28. The molecule has 2 aromatic heterocycles. The molecule has 1 amide bonds. The average molecular weight is 427 g/mol. The molecule has 0 aliphatic heterocycles. The summed E-state index contributed by atoms with van der Waals surface area (Å²) in [6, 6.07) is 19.6. The van der Waals surface area contributed by atoms with E-state index in [1.807, 2.05) is 47.8 Å². The second-order valence-corrected chi connectivity index (χ2v) is 7.47. The van der Waals surface area contributed by atoms with E-state index in [4.69, 9.17) is 0 Å². The Kier molecular flexibility index (Phi) is 5.41. The number of carbonyl (C=O) groups is 1. The molecule has 152 valence electrons. The summed E-state index contributed by atoms with van der Waals surface area (Å²) < 4.78 is 40.3. The van der Waals surface area contributed by atoms with E-state index in [2.05, 4.69) is 10.4 Å². The maximum atomic E-state index is 12.9. The molecule has 4 rings (SSSR count). The fraction of sp³-hybridized carbons (Fsp3) is 0.0909.